The highest BCUT2D eigenvalue weighted by atomic mass is 16.4. The molecule has 0 spiro atoms. The van der Waals surface area contributed by atoms with E-state index in [1.807, 2.05) is 0 Å². The van der Waals surface area contributed by atoms with E-state index in [1.54, 1.807) is 0 Å². The first-order valence-electron chi connectivity index (χ1n) is 3.52. The van der Waals surface area contributed by atoms with Gasteiger partial charge < -0.3 is 10.2 Å². The Kier molecular flexibility index (Phi) is 3.84. The van der Waals surface area contributed by atoms with Crippen LogP contribution in [0.25, 0.3) is 0 Å². The molecule has 0 fully saturated rings. The molecule has 0 aliphatic heterocycles. The molecule has 0 radical (unpaired) electrons. The zero-order valence-corrected chi connectivity index (χ0v) is 7.33. The first-order chi connectivity index (χ1) is 5.86. The number of carbonyl (C=O) groups excluding carboxylic acids is 1. The van der Waals surface area contributed by atoms with Gasteiger partial charge in [-0.2, -0.15) is 0 Å². The molecule has 13 heavy (non-hydrogen) atoms. The summed E-state index contributed by atoms with van der Waals surface area (Å²) in [6.07, 6.45) is -0.638. The Morgan fingerprint density at radius 1 is 1.08 bits per heavy atom. The van der Waals surface area contributed by atoms with Crippen molar-refractivity contribution in [2.75, 3.05) is 0 Å². The number of hydrogen-bond donors (Lipinski definition) is 2. The molecule has 0 aromatic rings. The molecule has 0 heterocycles. The van der Waals surface area contributed by atoms with Gasteiger partial charge in [-0.05, 0) is 13.8 Å². The van der Waals surface area contributed by atoms with Gasteiger partial charge in [0.2, 0.25) is 0 Å². The SMILES string of the molecule is CC(=O)C(C)=C(CC(=O)O)C(=O)O. The van der Waals surface area contributed by atoms with Crippen molar-refractivity contribution >= 4 is 17.7 Å². The summed E-state index contributed by atoms with van der Waals surface area (Å²) in [6.45, 7) is 2.49. The summed E-state index contributed by atoms with van der Waals surface area (Å²) < 4.78 is 0. The normalized spacial score (nSPS) is 11.8. The molecule has 5 heteroatoms. The maximum absolute atomic E-state index is 10.8. The van der Waals surface area contributed by atoms with Gasteiger partial charge in [0.15, 0.2) is 5.78 Å². The molecule has 0 aromatic carbocycles. The van der Waals surface area contributed by atoms with Gasteiger partial charge in [0.05, 0.1) is 12.0 Å². The molecule has 2 N–H and O–H groups in total. The lowest BCUT2D eigenvalue weighted by Gasteiger charge is -2.01. The van der Waals surface area contributed by atoms with Crippen LogP contribution in [0.3, 0.4) is 0 Å². The third kappa shape index (κ3) is 3.50. The van der Waals surface area contributed by atoms with Crippen LogP contribution < -0.4 is 0 Å². The summed E-state index contributed by atoms with van der Waals surface area (Å²) in [4.78, 5) is 31.5. The van der Waals surface area contributed by atoms with Crippen molar-refractivity contribution in [3.8, 4) is 0 Å². The average Bonchev–Trinajstić information content (AvgIpc) is 1.97. The summed E-state index contributed by atoms with van der Waals surface area (Å²) in [7, 11) is 0. The molecule has 0 aromatic heterocycles. The molecular formula is C8H10O5. The first kappa shape index (κ1) is 11.4. The lowest BCUT2D eigenvalue weighted by atomic mass is 10.0. The maximum atomic E-state index is 10.8. The Morgan fingerprint density at radius 2 is 1.54 bits per heavy atom. The van der Waals surface area contributed by atoms with E-state index in [9.17, 15) is 14.4 Å². The van der Waals surface area contributed by atoms with E-state index in [4.69, 9.17) is 10.2 Å². The zero-order valence-electron chi connectivity index (χ0n) is 7.33. The fourth-order valence-corrected chi connectivity index (χ4v) is 0.732. The number of ketones is 1. The third-order valence-electron chi connectivity index (χ3n) is 1.57. The van der Waals surface area contributed by atoms with Crippen LogP contribution in [0.5, 0.6) is 0 Å². The highest BCUT2D eigenvalue weighted by molar-refractivity contribution is 6.03. The van der Waals surface area contributed by atoms with E-state index < -0.39 is 24.1 Å². The number of carboxylic acid groups (broad SMARTS) is 2. The number of hydrogen-bond acceptors (Lipinski definition) is 3. The van der Waals surface area contributed by atoms with Crippen molar-refractivity contribution in [1.82, 2.24) is 0 Å². The van der Waals surface area contributed by atoms with Crippen molar-refractivity contribution in [3.05, 3.63) is 11.1 Å². The maximum Gasteiger partial charge on any atom is 0.332 e. The van der Waals surface area contributed by atoms with E-state index in [-0.39, 0.29) is 11.1 Å². The van der Waals surface area contributed by atoms with E-state index in [0.717, 1.165) is 0 Å². The predicted molar refractivity (Wildman–Crippen MR) is 43.3 cm³/mol. The summed E-state index contributed by atoms with van der Waals surface area (Å²) in [5.74, 6) is -3.06. The minimum atomic E-state index is -1.37. The summed E-state index contributed by atoms with van der Waals surface area (Å²) in [5, 5.41) is 16.9. The second-order valence-corrected chi connectivity index (χ2v) is 2.54. The van der Waals surface area contributed by atoms with Crippen molar-refractivity contribution in [1.29, 1.82) is 0 Å². The highest BCUT2D eigenvalue weighted by Crippen LogP contribution is 2.09. The van der Waals surface area contributed by atoms with E-state index in [0.29, 0.717) is 0 Å². The van der Waals surface area contributed by atoms with Crippen LogP contribution in [-0.2, 0) is 14.4 Å². The average molecular weight is 186 g/mol. The van der Waals surface area contributed by atoms with Crippen LogP contribution in [0.2, 0.25) is 0 Å². The van der Waals surface area contributed by atoms with Gasteiger partial charge in [0, 0.05) is 5.57 Å². The summed E-state index contributed by atoms with van der Waals surface area (Å²) >= 11 is 0. The molecule has 0 bridgehead atoms. The number of carbonyl (C=O) groups is 3. The van der Waals surface area contributed by atoms with Gasteiger partial charge in [-0.25, -0.2) is 4.79 Å². The Balaban J connectivity index is 5.00. The highest BCUT2D eigenvalue weighted by Gasteiger charge is 2.17. The molecule has 0 amide bonds. The van der Waals surface area contributed by atoms with Gasteiger partial charge >= 0.3 is 11.9 Å². The van der Waals surface area contributed by atoms with Crippen molar-refractivity contribution < 1.29 is 24.6 Å². The molecule has 0 atom stereocenters. The van der Waals surface area contributed by atoms with Crippen molar-refractivity contribution in [2.45, 2.75) is 20.3 Å². The van der Waals surface area contributed by atoms with Crippen LogP contribution >= 0.6 is 0 Å². The monoisotopic (exact) mass is 186 g/mol. The minimum Gasteiger partial charge on any atom is -0.481 e. The molecule has 0 aliphatic rings. The molecule has 0 aliphatic carbocycles. The molecule has 0 rings (SSSR count). The van der Waals surface area contributed by atoms with Crippen LogP contribution in [0.4, 0.5) is 0 Å². The van der Waals surface area contributed by atoms with Gasteiger partial charge in [-0.3, -0.25) is 9.59 Å². The quantitative estimate of drug-likeness (QED) is 0.622. The Labute approximate surface area is 74.7 Å². The Hall–Kier alpha value is -1.65. The fraction of sp³-hybridized carbons (Fsp3) is 0.375. The number of rotatable bonds is 4. The van der Waals surface area contributed by atoms with Crippen LogP contribution in [0.15, 0.2) is 11.1 Å². The Morgan fingerprint density at radius 3 is 1.77 bits per heavy atom. The lowest BCUT2D eigenvalue weighted by molar-refractivity contribution is -0.139. The first-order valence-corrected chi connectivity index (χ1v) is 3.52. The molecular weight excluding hydrogens is 176 g/mol. The summed E-state index contributed by atoms with van der Waals surface area (Å²) in [6, 6.07) is 0. The fourth-order valence-electron chi connectivity index (χ4n) is 0.732. The molecule has 0 saturated heterocycles. The smallest absolute Gasteiger partial charge is 0.332 e. The van der Waals surface area contributed by atoms with E-state index in [1.165, 1.54) is 13.8 Å². The van der Waals surface area contributed by atoms with Crippen LogP contribution in [0.1, 0.15) is 20.3 Å². The number of aliphatic carboxylic acids is 2. The predicted octanol–water partition coefficient (Wildman–Crippen LogP) is 0.451. The van der Waals surface area contributed by atoms with E-state index in [2.05, 4.69) is 0 Å². The van der Waals surface area contributed by atoms with Crippen molar-refractivity contribution in [2.24, 2.45) is 0 Å². The summed E-state index contributed by atoms with van der Waals surface area (Å²) in [5.41, 5.74) is -0.380. The number of carboxylic acids is 2. The second kappa shape index (κ2) is 4.39. The zero-order chi connectivity index (χ0) is 10.6. The largest absolute Gasteiger partial charge is 0.481 e. The number of Topliss-reactive ketones (excluding diaryl/α,β-unsaturated/α-hetero) is 1. The lowest BCUT2D eigenvalue weighted by Crippen LogP contribution is -2.11. The van der Waals surface area contributed by atoms with Crippen LogP contribution in [0, 0.1) is 0 Å². The molecule has 5 nitrogen and oxygen atoms in total. The third-order valence-corrected chi connectivity index (χ3v) is 1.57. The molecule has 0 unspecified atom stereocenters. The molecule has 72 valence electrons. The minimum absolute atomic E-state index is 0.0186. The topological polar surface area (TPSA) is 91.7 Å². The van der Waals surface area contributed by atoms with E-state index >= 15 is 0 Å². The number of allylic oxidation sites excluding steroid dienone is 1. The van der Waals surface area contributed by atoms with Crippen molar-refractivity contribution in [3.63, 3.8) is 0 Å². The Bertz CT molecular complexity index is 287. The van der Waals surface area contributed by atoms with Gasteiger partial charge in [-0.15, -0.1) is 0 Å². The van der Waals surface area contributed by atoms with Crippen LogP contribution in [-0.4, -0.2) is 27.9 Å². The van der Waals surface area contributed by atoms with Gasteiger partial charge in [0.1, 0.15) is 0 Å². The molecule has 0 saturated carbocycles. The van der Waals surface area contributed by atoms with Gasteiger partial charge in [-0.1, -0.05) is 0 Å². The second-order valence-electron chi connectivity index (χ2n) is 2.54. The van der Waals surface area contributed by atoms with Gasteiger partial charge in [0.25, 0.3) is 0 Å². The standard InChI is InChI=1S/C8H10O5/c1-4(5(2)9)6(8(12)13)3-7(10)11/h3H2,1-2H3,(H,10,11)(H,12,13).